The average molecular weight is 375 g/mol. The summed E-state index contributed by atoms with van der Waals surface area (Å²) in [6.45, 7) is 4.42. The molecular weight excluding hydrogens is 350 g/mol. The summed E-state index contributed by atoms with van der Waals surface area (Å²) in [6, 6.07) is 8.06. The van der Waals surface area contributed by atoms with Crippen LogP contribution in [-0.2, 0) is 11.4 Å². The van der Waals surface area contributed by atoms with Gasteiger partial charge in [0.25, 0.3) is 11.1 Å². The normalized spacial score (nSPS) is 19.9. The van der Waals surface area contributed by atoms with Crippen molar-refractivity contribution in [3.8, 4) is 5.75 Å². The third-order valence-electron chi connectivity index (χ3n) is 4.58. The van der Waals surface area contributed by atoms with Crippen molar-refractivity contribution >= 4 is 17.7 Å². The number of thioether (sulfide) groups is 1. The smallest absolute Gasteiger partial charge is 0.277 e. The number of hydrogen-bond donors (Lipinski definition) is 1. The highest BCUT2D eigenvalue weighted by Gasteiger charge is 2.23. The monoisotopic (exact) mass is 375 g/mol. The van der Waals surface area contributed by atoms with E-state index >= 15 is 0 Å². The van der Waals surface area contributed by atoms with E-state index in [-0.39, 0.29) is 24.3 Å². The molecule has 1 heterocycles. The van der Waals surface area contributed by atoms with Gasteiger partial charge in [-0.2, -0.15) is 0 Å². The highest BCUT2D eigenvalue weighted by molar-refractivity contribution is 7.99. The summed E-state index contributed by atoms with van der Waals surface area (Å²) in [5, 5.41) is 11.4. The van der Waals surface area contributed by atoms with Crippen LogP contribution in [0.15, 0.2) is 33.9 Å². The maximum atomic E-state index is 12.1. The second-order valence-electron chi connectivity index (χ2n) is 6.79. The molecule has 1 saturated carbocycles. The number of carbonyl (C=O) groups excluding carboxylic acids is 1. The lowest BCUT2D eigenvalue weighted by atomic mass is 9.86. The lowest BCUT2D eigenvalue weighted by molar-refractivity contribution is -0.119. The standard InChI is InChI=1S/C19H25N3O3S/c1-13-6-5-8-15(10-13)24-11-18-21-22-19(25-18)26-12-17(23)20-16-9-4-3-7-14(16)2/h5-6,8,10,14,16H,3-4,7,9,11-12H2,1-2H3,(H,20,23). The van der Waals surface area contributed by atoms with Gasteiger partial charge in [0.15, 0.2) is 6.61 Å². The van der Waals surface area contributed by atoms with Crippen LogP contribution in [0, 0.1) is 12.8 Å². The van der Waals surface area contributed by atoms with Crippen LogP contribution in [0.3, 0.4) is 0 Å². The minimum absolute atomic E-state index is 0.0181. The van der Waals surface area contributed by atoms with Crippen molar-refractivity contribution in [1.82, 2.24) is 15.5 Å². The van der Waals surface area contributed by atoms with Crippen molar-refractivity contribution in [3.05, 3.63) is 35.7 Å². The van der Waals surface area contributed by atoms with E-state index in [1.165, 1.54) is 31.0 Å². The summed E-state index contributed by atoms with van der Waals surface area (Å²) in [6.07, 6.45) is 4.71. The van der Waals surface area contributed by atoms with E-state index in [9.17, 15) is 4.79 Å². The molecule has 0 radical (unpaired) electrons. The van der Waals surface area contributed by atoms with Crippen LogP contribution >= 0.6 is 11.8 Å². The maximum absolute atomic E-state index is 12.1. The Bertz CT molecular complexity index is 734. The first kappa shape index (κ1) is 18.8. The average Bonchev–Trinajstić information content (AvgIpc) is 3.08. The maximum Gasteiger partial charge on any atom is 0.277 e. The third-order valence-corrected chi connectivity index (χ3v) is 5.40. The molecule has 1 N–H and O–H groups in total. The summed E-state index contributed by atoms with van der Waals surface area (Å²) in [5.41, 5.74) is 1.13. The van der Waals surface area contributed by atoms with E-state index in [1.807, 2.05) is 31.2 Å². The molecule has 1 amide bonds. The van der Waals surface area contributed by atoms with Crippen LogP contribution in [0.25, 0.3) is 0 Å². The fourth-order valence-corrected chi connectivity index (χ4v) is 3.70. The Balaban J connectivity index is 1.42. The molecule has 1 aliphatic rings. The number of aryl methyl sites for hydroxylation is 1. The van der Waals surface area contributed by atoms with Gasteiger partial charge in [-0.1, -0.05) is 43.7 Å². The van der Waals surface area contributed by atoms with Gasteiger partial charge in [-0.25, -0.2) is 0 Å². The van der Waals surface area contributed by atoms with Gasteiger partial charge in [0.05, 0.1) is 5.75 Å². The number of nitrogens with one attached hydrogen (secondary N) is 1. The molecule has 0 spiro atoms. The molecule has 2 atom stereocenters. The van der Waals surface area contributed by atoms with Crippen LogP contribution in [0.2, 0.25) is 0 Å². The predicted octanol–water partition coefficient (Wildman–Crippen LogP) is 3.74. The number of carbonyl (C=O) groups is 1. The van der Waals surface area contributed by atoms with Gasteiger partial charge >= 0.3 is 0 Å². The lowest BCUT2D eigenvalue weighted by Gasteiger charge is -2.29. The Kier molecular flexibility index (Phi) is 6.55. The SMILES string of the molecule is Cc1cccc(OCc2nnc(SCC(=O)NC3CCCCC3C)o2)c1. The predicted molar refractivity (Wildman–Crippen MR) is 100 cm³/mol. The summed E-state index contributed by atoms with van der Waals surface area (Å²) in [4.78, 5) is 12.1. The molecule has 1 aromatic heterocycles. The van der Waals surface area contributed by atoms with E-state index in [0.29, 0.717) is 17.0 Å². The van der Waals surface area contributed by atoms with Gasteiger partial charge in [0.1, 0.15) is 5.75 Å². The fraction of sp³-hybridized carbons (Fsp3) is 0.526. The molecule has 2 aromatic rings. The first-order valence-corrected chi connectivity index (χ1v) is 10.0. The van der Waals surface area contributed by atoms with Gasteiger partial charge in [0, 0.05) is 6.04 Å². The van der Waals surface area contributed by atoms with Gasteiger partial charge in [-0.05, 0) is 43.4 Å². The number of amides is 1. The second kappa shape index (κ2) is 9.07. The Labute approximate surface area is 158 Å². The van der Waals surface area contributed by atoms with Crippen LogP contribution in [0.5, 0.6) is 5.75 Å². The third kappa shape index (κ3) is 5.49. The number of benzene rings is 1. The van der Waals surface area contributed by atoms with E-state index in [0.717, 1.165) is 17.7 Å². The zero-order chi connectivity index (χ0) is 18.4. The highest BCUT2D eigenvalue weighted by atomic mass is 32.2. The largest absolute Gasteiger partial charge is 0.484 e. The lowest BCUT2D eigenvalue weighted by Crippen LogP contribution is -2.41. The Morgan fingerprint density at radius 1 is 1.35 bits per heavy atom. The van der Waals surface area contributed by atoms with E-state index in [1.54, 1.807) is 0 Å². The summed E-state index contributed by atoms with van der Waals surface area (Å²) < 4.78 is 11.2. The molecule has 1 aromatic carbocycles. The topological polar surface area (TPSA) is 77.2 Å². The fourth-order valence-electron chi connectivity index (χ4n) is 3.11. The van der Waals surface area contributed by atoms with Crippen molar-refractivity contribution in [2.45, 2.75) is 57.4 Å². The van der Waals surface area contributed by atoms with E-state index in [4.69, 9.17) is 9.15 Å². The number of ether oxygens (including phenoxy) is 1. The Hall–Kier alpha value is -2.02. The Morgan fingerprint density at radius 3 is 3.00 bits per heavy atom. The molecule has 0 aliphatic heterocycles. The van der Waals surface area contributed by atoms with Crippen LogP contribution in [0.1, 0.15) is 44.1 Å². The molecule has 140 valence electrons. The van der Waals surface area contributed by atoms with Crippen molar-refractivity contribution in [2.24, 2.45) is 5.92 Å². The first-order chi connectivity index (χ1) is 12.6. The van der Waals surface area contributed by atoms with Crippen LogP contribution in [0.4, 0.5) is 0 Å². The van der Waals surface area contributed by atoms with Crippen molar-refractivity contribution < 1.29 is 13.9 Å². The minimum atomic E-state index is 0.0181. The summed E-state index contributed by atoms with van der Waals surface area (Å²) >= 11 is 1.26. The van der Waals surface area contributed by atoms with Crippen molar-refractivity contribution in [2.75, 3.05) is 5.75 Å². The van der Waals surface area contributed by atoms with Crippen molar-refractivity contribution in [1.29, 1.82) is 0 Å². The number of nitrogens with zero attached hydrogens (tertiary/aromatic N) is 2. The second-order valence-corrected chi connectivity index (χ2v) is 7.72. The molecule has 2 unspecified atom stereocenters. The molecule has 0 bridgehead atoms. The molecule has 6 nitrogen and oxygen atoms in total. The van der Waals surface area contributed by atoms with E-state index in [2.05, 4.69) is 22.4 Å². The zero-order valence-electron chi connectivity index (χ0n) is 15.2. The molecule has 3 rings (SSSR count). The summed E-state index contributed by atoms with van der Waals surface area (Å²) in [7, 11) is 0. The van der Waals surface area contributed by atoms with Gasteiger partial charge in [0.2, 0.25) is 5.91 Å². The van der Waals surface area contributed by atoms with Gasteiger partial charge in [-0.15, -0.1) is 10.2 Å². The van der Waals surface area contributed by atoms with Crippen molar-refractivity contribution in [3.63, 3.8) is 0 Å². The molecule has 1 aliphatic carbocycles. The molecule has 0 saturated heterocycles. The molecule has 1 fully saturated rings. The van der Waals surface area contributed by atoms with Gasteiger partial charge < -0.3 is 14.5 Å². The Morgan fingerprint density at radius 2 is 2.19 bits per heavy atom. The number of rotatable bonds is 7. The minimum Gasteiger partial charge on any atom is -0.484 e. The first-order valence-electron chi connectivity index (χ1n) is 9.04. The quantitative estimate of drug-likeness (QED) is 0.743. The molecular formula is C19H25N3O3S. The summed E-state index contributed by atoms with van der Waals surface area (Å²) in [5.74, 6) is 2.01. The van der Waals surface area contributed by atoms with Gasteiger partial charge in [-0.3, -0.25) is 4.79 Å². The number of hydrogen-bond acceptors (Lipinski definition) is 6. The van der Waals surface area contributed by atoms with Crippen LogP contribution in [-0.4, -0.2) is 27.9 Å². The van der Waals surface area contributed by atoms with E-state index < -0.39 is 0 Å². The zero-order valence-corrected chi connectivity index (χ0v) is 16.1. The molecule has 7 heteroatoms. The highest BCUT2D eigenvalue weighted by Crippen LogP contribution is 2.24. The number of aromatic nitrogens is 2. The molecule has 26 heavy (non-hydrogen) atoms. The van der Waals surface area contributed by atoms with Crippen LogP contribution < -0.4 is 10.1 Å².